The molecule has 0 radical (unpaired) electrons. The van der Waals surface area contributed by atoms with E-state index in [9.17, 15) is 4.91 Å². The van der Waals surface area contributed by atoms with E-state index in [1.54, 1.807) is 6.07 Å². The van der Waals surface area contributed by atoms with Gasteiger partial charge in [0.05, 0.1) is 0 Å². The summed E-state index contributed by atoms with van der Waals surface area (Å²) >= 11 is 0. The maximum atomic E-state index is 10.8. The molecule has 2 aromatic carbocycles. The van der Waals surface area contributed by atoms with Gasteiger partial charge in [-0.1, -0.05) is 31.5 Å². The number of nitroso groups, excluding NO2 is 1. The lowest BCUT2D eigenvalue weighted by molar-refractivity contribution is 1.14. The molecule has 2 rings (SSSR count). The van der Waals surface area contributed by atoms with Crippen molar-refractivity contribution in [3.63, 3.8) is 0 Å². The number of rotatable bonds is 5. The first kappa shape index (κ1) is 16.7. The second-order valence-electron chi connectivity index (χ2n) is 4.40. The normalized spacial score (nSPS) is 9.33. The van der Waals surface area contributed by atoms with Gasteiger partial charge in [-0.15, -0.1) is 4.91 Å². The van der Waals surface area contributed by atoms with E-state index in [0.29, 0.717) is 12.2 Å². The predicted molar refractivity (Wildman–Crippen MR) is 91.3 cm³/mol. The lowest BCUT2D eigenvalue weighted by Gasteiger charge is -2.10. The molecule has 0 saturated carbocycles. The van der Waals surface area contributed by atoms with Gasteiger partial charge in [-0.05, 0) is 42.4 Å². The first-order chi connectivity index (χ1) is 10.2. The maximum Gasteiger partial charge on any atom is 0.113 e. The number of hydrogen-bond acceptors (Lipinski definition) is 4. The van der Waals surface area contributed by atoms with Crippen molar-refractivity contribution in [2.45, 2.75) is 27.3 Å². The number of benzene rings is 2. The second kappa shape index (κ2) is 8.74. The van der Waals surface area contributed by atoms with Crippen LogP contribution in [-0.2, 0) is 6.54 Å². The summed E-state index contributed by atoms with van der Waals surface area (Å²) in [5.41, 5.74) is 4.56. The van der Waals surface area contributed by atoms with Gasteiger partial charge >= 0.3 is 0 Å². The highest BCUT2D eigenvalue weighted by Crippen LogP contribution is 2.24. The van der Waals surface area contributed by atoms with Crippen molar-refractivity contribution >= 4 is 17.1 Å². The van der Waals surface area contributed by atoms with Crippen LogP contribution in [0.1, 0.15) is 25.0 Å². The lowest BCUT2D eigenvalue weighted by Crippen LogP contribution is -2.00. The number of nitrogens with one attached hydrogen (secondary N) is 2. The molecular weight excluding hydrogens is 262 g/mol. The molecule has 0 atom stereocenters. The van der Waals surface area contributed by atoms with E-state index in [2.05, 4.69) is 22.7 Å². The first-order valence-electron chi connectivity index (χ1n) is 7.17. The van der Waals surface area contributed by atoms with Gasteiger partial charge in [0.2, 0.25) is 0 Å². The monoisotopic (exact) mass is 285 g/mol. The SMILES string of the molecule is CC.CNc1ccc(N=O)c(CNc2ccc(C)cc2)c1. The molecule has 0 amide bonds. The van der Waals surface area contributed by atoms with Crippen molar-refractivity contribution in [2.24, 2.45) is 5.18 Å². The van der Waals surface area contributed by atoms with Crippen LogP contribution in [0.5, 0.6) is 0 Å². The summed E-state index contributed by atoms with van der Waals surface area (Å²) in [6.45, 7) is 6.62. The van der Waals surface area contributed by atoms with E-state index < -0.39 is 0 Å². The molecule has 0 bridgehead atoms. The molecular formula is C17H23N3O. The van der Waals surface area contributed by atoms with Gasteiger partial charge in [0.15, 0.2) is 0 Å². The maximum absolute atomic E-state index is 10.8. The Morgan fingerprint density at radius 3 is 2.19 bits per heavy atom. The fraction of sp³-hybridized carbons (Fsp3) is 0.294. The molecule has 4 heteroatoms. The topological polar surface area (TPSA) is 53.5 Å². The molecule has 2 N–H and O–H groups in total. The average molecular weight is 285 g/mol. The van der Waals surface area contributed by atoms with Crippen LogP contribution >= 0.6 is 0 Å². The van der Waals surface area contributed by atoms with E-state index in [4.69, 9.17) is 0 Å². The molecule has 0 spiro atoms. The van der Waals surface area contributed by atoms with Crippen LogP contribution in [-0.4, -0.2) is 7.05 Å². The van der Waals surface area contributed by atoms with Crippen molar-refractivity contribution < 1.29 is 0 Å². The number of aryl methyl sites for hydroxylation is 1. The first-order valence-corrected chi connectivity index (χ1v) is 7.17. The zero-order valence-electron chi connectivity index (χ0n) is 13.1. The summed E-state index contributed by atoms with van der Waals surface area (Å²) in [5.74, 6) is 0. The Kier molecular flexibility index (Phi) is 6.95. The summed E-state index contributed by atoms with van der Waals surface area (Å²) in [4.78, 5) is 10.8. The molecule has 0 aliphatic carbocycles. The van der Waals surface area contributed by atoms with Gasteiger partial charge in [0.25, 0.3) is 0 Å². The van der Waals surface area contributed by atoms with Crippen LogP contribution in [0.25, 0.3) is 0 Å². The molecule has 0 fully saturated rings. The van der Waals surface area contributed by atoms with Gasteiger partial charge in [-0.25, -0.2) is 0 Å². The molecule has 0 saturated heterocycles. The van der Waals surface area contributed by atoms with Gasteiger partial charge in [-0.2, -0.15) is 0 Å². The Balaban J connectivity index is 0.00000106. The van der Waals surface area contributed by atoms with Crippen LogP contribution in [0.4, 0.5) is 17.1 Å². The molecule has 0 aromatic heterocycles. The van der Waals surface area contributed by atoms with Crippen LogP contribution in [0.2, 0.25) is 0 Å². The minimum atomic E-state index is 0.471. The zero-order valence-corrected chi connectivity index (χ0v) is 13.1. The smallest absolute Gasteiger partial charge is 0.113 e. The van der Waals surface area contributed by atoms with Crippen LogP contribution in [0.15, 0.2) is 47.6 Å². The third-order valence-electron chi connectivity index (χ3n) is 3.00. The van der Waals surface area contributed by atoms with Gasteiger partial charge < -0.3 is 10.6 Å². The quantitative estimate of drug-likeness (QED) is 0.754. The van der Waals surface area contributed by atoms with Crippen molar-refractivity contribution in [3.05, 3.63) is 58.5 Å². The molecule has 4 nitrogen and oxygen atoms in total. The van der Waals surface area contributed by atoms with E-state index in [0.717, 1.165) is 16.9 Å². The third kappa shape index (κ3) is 4.91. The van der Waals surface area contributed by atoms with E-state index in [1.807, 2.05) is 57.3 Å². The standard InChI is InChI=1S/C15H17N3O.C2H6/c1-11-3-5-13(6-4-11)17-10-12-9-14(16-2)7-8-15(12)18-19;1-2/h3-9,16-17H,10H2,1-2H3;1-2H3. The lowest BCUT2D eigenvalue weighted by atomic mass is 10.1. The molecule has 21 heavy (non-hydrogen) atoms. The van der Waals surface area contributed by atoms with Crippen LogP contribution in [0, 0.1) is 11.8 Å². The minimum absolute atomic E-state index is 0.471. The highest BCUT2D eigenvalue weighted by atomic mass is 16.3. The molecule has 0 aliphatic heterocycles. The van der Waals surface area contributed by atoms with Crippen molar-refractivity contribution in [2.75, 3.05) is 17.7 Å². The summed E-state index contributed by atoms with van der Waals surface area (Å²) in [7, 11) is 1.85. The Morgan fingerprint density at radius 2 is 1.62 bits per heavy atom. The summed E-state index contributed by atoms with van der Waals surface area (Å²) < 4.78 is 0. The largest absolute Gasteiger partial charge is 0.388 e. The van der Waals surface area contributed by atoms with Gasteiger partial charge in [0.1, 0.15) is 5.69 Å². The van der Waals surface area contributed by atoms with Crippen LogP contribution in [0.3, 0.4) is 0 Å². The second-order valence-corrected chi connectivity index (χ2v) is 4.40. The Hall–Kier alpha value is -2.36. The fourth-order valence-corrected chi connectivity index (χ4v) is 1.84. The summed E-state index contributed by atoms with van der Waals surface area (Å²) in [6, 6.07) is 13.6. The van der Waals surface area contributed by atoms with Gasteiger partial charge in [0, 0.05) is 30.5 Å². The van der Waals surface area contributed by atoms with Gasteiger partial charge in [-0.3, -0.25) is 0 Å². The predicted octanol–water partition coefficient (Wildman–Crippen LogP) is 5.07. The van der Waals surface area contributed by atoms with E-state index >= 15 is 0 Å². The van der Waals surface area contributed by atoms with E-state index in [-0.39, 0.29) is 0 Å². The fourth-order valence-electron chi connectivity index (χ4n) is 1.84. The molecule has 2 aromatic rings. The minimum Gasteiger partial charge on any atom is -0.388 e. The highest BCUT2D eigenvalue weighted by Gasteiger charge is 2.04. The number of nitrogens with zero attached hydrogens (tertiary/aromatic N) is 1. The summed E-state index contributed by atoms with van der Waals surface area (Å²) in [6.07, 6.45) is 0. The zero-order chi connectivity index (χ0) is 15.7. The molecule has 0 aliphatic rings. The Bertz CT molecular complexity index is 565. The summed E-state index contributed by atoms with van der Waals surface area (Å²) in [5, 5.41) is 9.39. The van der Waals surface area contributed by atoms with Crippen LogP contribution < -0.4 is 10.6 Å². The average Bonchev–Trinajstić information content (AvgIpc) is 2.56. The van der Waals surface area contributed by atoms with Crippen molar-refractivity contribution in [3.8, 4) is 0 Å². The molecule has 0 unspecified atom stereocenters. The highest BCUT2D eigenvalue weighted by molar-refractivity contribution is 5.58. The number of anilines is 2. The van der Waals surface area contributed by atoms with E-state index in [1.165, 1.54) is 5.56 Å². The molecule has 112 valence electrons. The van der Waals surface area contributed by atoms with Crippen molar-refractivity contribution in [1.82, 2.24) is 0 Å². The Morgan fingerprint density at radius 1 is 1.00 bits per heavy atom. The number of hydrogen-bond donors (Lipinski definition) is 2. The Labute approximate surface area is 126 Å². The van der Waals surface area contributed by atoms with Crippen molar-refractivity contribution in [1.29, 1.82) is 0 Å². The molecule has 0 heterocycles. The third-order valence-corrected chi connectivity index (χ3v) is 3.00.